The summed E-state index contributed by atoms with van der Waals surface area (Å²) in [4.78, 5) is 39.8. The highest BCUT2D eigenvalue weighted by atomic mass is 35.5. The zero-order valence-corrected chi connectivity index (χ0v) is 21.6. The highest BCUT2D eigenvalue weighted by molar-refractivity contribution is 6.34. The minimum Gasteiger partial charge on any atom is -0.376 e. The van der Waals surface area contributed by atoms with Crippen molar-refractivity contribution in [3.05, 3.63) is 88.9 Å². The van der Waals surface area contributed by atoms with E-state index in [1.807, 2.05) is 30.3 Å². The summed E-state index contributed by atoms with van der Waals surface area (Å²) in [6.07, 6.45) is 5.38. The first-order valence-corrected chi connectivity index (χ1v) is 12.9. The zero-order valence-electron chi connectivity index (χ0n) is 20.8. The topological polar surface area (TPSA) is 90.5 Å². The van der Waals surface area contributed by atoms with Crippen molar-refractivity contribution in [2.45, 2.75) is 38.1 Å². The lowest BCUT2D eigenvalue weighted by Gasteiger charge is -2.23. The van der Waals surface area contributed by atoms with Crippen LogP contribution in [-0.2, 0) is 4.79 Å². The quantitative estimate of drug-likeness (QED) is 0.355. The van der Waals surface area contributed by atoms with Crippen molar-refractivity contribution in [2.24, 2.45) is 0 Å². The molecule has 3 amide bonds. The van der Waals surface area contributed by atoms with E-state index in [9.17, 15) is 14.4 Å². The molecule has 192 valence electrons. The summed E-state index contributed by atoms with van der Waals surface area (Å²) in [5.41, 5.74) is 2.76. The van der Waals surface area contributed by atoms with Gasteiger partial charge in [0.25, 0.3) is 11.8 Å². The molecule has 1 saturated carbocycles. The van der Waals surface area contributed by atoms with Gasteiger partial charge in [-0.25, -0.2) is 0 Å². The van der Waals surface area contributed by atoms with Crippen LogP contribution in [0.5, 0.6) is 0 Å². The van der Waals surface area contributed by atoms with E-state index in [1.165, 1.54) is 6.42 Å². The third kappa shape index (κ3) is 7.11. The van der Waals surface area contributed by atoms with Gasteiger partial charge in [0.05, 0.1) is 17.1 Å². The average molecular weight is 519 g/mol. The number of anilines is 3. The standard InChI is InChI=1S/C29H31ClN4O3/c1-34(24-13-6-3-7-14-24)29(37)20-9-8-12-22(17-20)31-19-27(35)32-23-15-16-26(30)25(18-23)28(36)33-21-10-4-2-5-11-21/h3,6-9,12-18,21,31H,2,4-5,10-11,19H2,1H3,(H,32,35)(H,33,36). The number of rotatable bonds is 8. The van der Waals surface area contributed by atoms with E-state index in [2.05, 4.69) is 16.0 Å². The van der Waals surface area contributed by atoms with Crippen LogP contribution in [0, 0.1) is 0 Å². The molecule has 0 bridgehead atoms. The van der Waals surface area contributed by atoms with E-state index in [0.29, 0.717) is 27.5 Å². The van der Waals surface area contributed by atoms with Crippen LogP contribution in [0.3, 0.4) is 0 Å². The second kappa shape index (κ2) is 12.4. The van der Waals surface area contributed by atoms with Crippen LogP contribution < -0.4 is 20.9 Å². The van der Waals surface area contributed by atoms with Crippen molar-refractivity contribution in [3.63, 3.8) is 0 Å². The van der Waals surface area contributed by atoms with Gasteiger partial charge in [0, 0.05) is 35.7 Å². The molecule has 7 nitrogen and oxygen atoms in total. The molecule has 3 aromatic rings. The molecule has 0 unspecified atom stereocenters. The van der Waals surface area contributed by atoms with Crippen LogP contribution in [0.2, 0.25) is 5.02 Å². The molecule has 0 radical (unpaired) electrons. The Hall–Kier alpha value is -3.84. The number of halogens is 1. The molecule has 8 heteroatoms. The van der Waals surface area contributed by atoms with Crippen LogP contribution in [0.25, 0.3) is 0 Å². The molecule has 37 heavy (non-hydrogen) atoms. The van der Waals surface area contributed by atoms with Crippen LogP contribution in [-0.4, -0.2) is 37.4 Å². The Bertz CT molecular complexity index is 1260. The van der Waals surface area contributed by atoms with Crippen LogP contribution in [0.15, 0.2) is 72.8 Å². The van der Waals surface area contributed by atoms with Crippen molar-refractivity contribution in [3.8, 4) is 0 Å². The number of hydrogen-bond donors (Lipinski definition) is 3. The fourth-order valence-corrected chi connectivity index (χ4v) is 4.60. The Kier molecular flexibility index (Phi) is 8.80. The van der Waals surface area contributed by atoms with E-state index in [-0.39, 0.29) is 30.3 Å². The Morgan fingerprint density at radius 2 is 1.65 bits per heavy atom. The molecule has 0 saturated heterocycles. The minimum atomic E-state index is -0.293. The van der Waals surface area contributed by atoms with Gasteiger partial charge in [-0.15, -0.1) is 0 Å². The summed E-state index contributed by atoms with van der Waals surface area (Å²) in [6, 6.07) is 21.4. The third-order valence-electron chi connectivity index (χ3n) is 6.45. The summed E-state index contributed by atoms with van der Waals surface area (Å²) in [5.74, 6) is -0.674. The predicted octanol–water partition coefficient (Wildman–Crippen LogP) is 5.73. The molecule has 1 aliphatic rings. The van der Waals surface area contributed by atoms with Crippen LogP contribution in [0.4, 0.5) is 17.1 Å². The van der Waals surface area contributed by atoms with Gasteiger partial charge >= 0.3 is 0 Å². The molecular weight excluding hydrogens is 488 g/mol. The molecular formula is C29H31ClN4O3. The fraction of sp³-hybridized carbons (Fsp3) is 0.276. The van der Waals surface area contributed by atoms with E-state index in [1.54, 1.807) is 54.4 Å². The lowest BCUT2D eigenvalue weighted by atomic mass is 9.95. The van der Waals surface area contributed by atoms with E-state index >= 15 is 0 Å². The molecule has 3 N–H and O–H groups in total. The molecule has 0 atom stereocenters. The number of benzene rings is 3. The van der Waals surface area contributed by atoms with E-state index in [4.69, 9.17) is 11.6 Å². The van der Waals surface area contributed by atoms with Crippen molar-refractivity contribution in [1.82, 2.24) is 5.32 Å². The van der Waals surface area contributed by atoms with Gasteiger partial charge in [-0.05, 0) is 61.4 Å². The van der Waals surface area contributed by atoms with Gasteiger partial charge in [0.2, 0.25) is 5.91 Å². The van der Waals surface area contributed by atoms with Gasteiger partial charge in [0.1, 0.15) is 0 Å². The first-order chi connectivity index (χ1) is 17.9. The highest BCUT2D eigenvalue weighted by Gasteiger charge is 2.19. The monoisotopic (exact) mass is 518 g/mol. The number of nitrogens with zero attached hydrogens (tertiary/aromatic N) is 1. The molecule has 0 spiro atoms. The number of nitrogens with one attached hydrogen (secondary N) is 3. The first kappa shape index (κ1) is 26.2. The smallest absolute Gasteiger partial charge is 0.258 e. The number of hydrogen-bond acceptors (Lipinski definition) is 4. The summed E-state index contributed by atoms with van der Waals surface area (Å²) >= 11 is 6.27. The summed E-state index contributed by atoms with van der Waals surface area (Å²) in [6.45, 7) is -0.0155. The SMILES string of the molecule is CN(C(=O)c1cccc(NCC(=O)Nc2ccc(Cl)c(C(=O)NC3CCCCC3)c2)c1)c1ccccc1. The Morgan fingerprint density at radius 1 is 0.892 bits per heavy atom. The normalized spacial score (nSPS) is 13.5. The third-order valence-corrected chi connectivity index (χ3v) is 6.78. The maximum Gasteiger partial charge on any atom is 0.258 e. The van der Waals surface area contributed by atoms with Crippen LogP contribution in [0.1, 0.15) is 52.8 Å². The average Bonchev–Trinajstić information content (AvgIpc) is 2.93. The zero-order chi connectivity index (χ0) is 26.2. The maximum absolute atomic E-state index is 12.9. The summed E-state index contributed by atoms with van der Waals surface area (Å²) < 4.78 is 0. The Morgan fingerprint density at radius 3 is 2.41 bits per heavy atom. The second-order valence-electron chi connectivity index (χ2n) is 9.19. The van der Waals surface area contributed by atoms with Crippen molar-refractivity contribution >= 4 is 46.4 Å². The predicted molar refractivity (Wildman–Crippen MR) is 149 cm³/mol. The van der Waals surface area contributed by atoms with Gasteiger partial charge in [-0.3, -0.25) is 14.4 Å². The number of para-hydroxylation sites is 1. The molecule has 4 rings (SSSR count). The van der Waals surface area contributed by atoms with Gasteiger partial charge < -0.3 is 20.9 Å². The van der Waals surface area contributed by atoms with Crippen molar-refractivity contribution in [1.29, 1.82) is 0 Å². The van der Waals surface area contributed by atoms with Crippen LogP contribution >= 0.6 is 11.6 Å². The lowest BCUT2D eigenvalue weighted by Crippen LogP contribution is -2.36. The van der Waals surface area contributed by atoms with Crippen molar-refractivity contribution in [2.75, 3.05) is 29.1 Å². The second-order valence-corrected chi connectivity index (χ2v) is 9.59. The molecule has 0 aliphatic heterocycles. The molecule has 3 aromatic carbocycles. The summed E-state index contributed by atoms with van der Waals surface area (Å²) in [7, 11) is 1.72. The lowest BCUT2D eigenvalue weighted by molar-refractivity contribution is -0.114. The van der Waals surface area contributed by atoms with Crippen molar-refractivity contribution < 1.29 is 14.4 Å². The van der Waals surface area contributed by atoms with E-state index < -0.39 is 0 Å². The van der Waals surface area contributed by atoms with Gasteiger partial charge in [0.15, 0.2) is 0 Å². The number of amides is 3. The molecule has 1 aliphatic carbocycles. The number of carbonyl (C=O) groups is 3. The summed E-state index contributed by atoms with van der Waals surface area (Å²) in [5, 5.41) is 9.25. The Balaban J connectivity index is 1.34. The molecule has 0 aromatic heterocycles. The van der Waals surface area contributed by atoms with Gasteiger partial charge in [-0.1, -0.05) is 55.1 Å². The molecule has 1 fully saturated rings. The largest absolute Gasteiger partial charge is 0.376 e. The van der Waals surface area contributed by atoms with Gasteiger partial charge in [-0.2, -0.15) is 0 Å². The fourth-order valence-electron chi connectivity index (χ4n) is 4.40. The number of carbonyl (C=O) groups excluding carboxylic acids is 3. The van der Waals surface area contributed by atoms with E-state index in [0.717, 1.165) is 31.4 Å². The first-order valence-electron chi connectivity index (χ1n) is 12.5. The highest BCUT2D eigenvalue weighted by Crippen LogP contribution is 2.23. The molecule has 0 heterocycles. The maximum atomic E-state index is 12.9. The minimum absolute atomic E-state index is 0.0155. The Labute approximate surface area is 222 Å².